The number of hydrogen-bond donors (Lipinski definition) is 3. The Morgan fingerprint density at radius 2 is 1.50 bits per heavy atom. The van der Waals surface area contributed by atoms with Gasteiger partial charge in [0.05, 0.1) is 0 Å². The summed E-state index contributed by atoms with van der Waals surface area (Å²) < 4.78 is 0. The van der Waals surface area contributed by atoms with Gasteiger partial charge < -0.3 is 15.9 Å². The maximum Gasteiger partial charge on any atom is 0.303 e. The molecule has 0 heterocycles. The summed E-state index contributed by atoms with van der Waals surface area (Å²) in [4.78, 5) is 19.8. The molecule has 1 aromatic rings. The summed E-state index contributed by atoms with van der Waals surface area (Å²) in [5, 5.41) is 16.3. The van der Waals surface area contributed by atoms with Crippen LogP contribution >= 0.6 is 0 Å². The fourth-order valence-corrected chi connectivity index (χ4v) is 1.54. The SMILES string of the molecule is C[C@H](N)Cc1ccccc1.O=C(O)CCCCC(=O)O. The lowest BCUT2D eigenvalue weighted by Gasteiger charge is -2.02. The lowest BCUT2D eigenvalue weighted by atomic mass is 10.1. The molecule has 5 heteroatoms. The molecule has 1 atom stereocenters. The third-order valence-corrected chi connectivity index (χ3v) is 2.43. The fraction of sp³-hybridized carbons (Fsp3) is 0.467. The van der Waals surface area contributed by atoms with Crippen molar-refractivity contribution in [3.05, 3.63) is 35.9 Å². The summed E-state index contributed by atoms with van der Waals surface area (Å²) in [6.45, 7) is 2.02. The van der Waals surface area contributed by atoms with Crippen LogP contribution in [-0.2, 0) is 16.0 Å². The molecule has 0 aliphatic carbocycles. The topological polar surface area (TPSA) is 101 Å². The Bertz CT molecular complexity index is 374. The molecule has 0 spiro atoms. The van der Waals surface area contributed by atoms with Crippen LogP contribution in [0.2, 0.25) is 0 Å². The predicted octanol–water partition coefficient (Wildman–Crippen LogP) is 2.29. The van der Waals surface area contributed by atoms with Gasteiger partial charge in [-0.25, -0.2) is 0 Å². The van der Waals surface area contributed by atoms with Gasteiger partial charge in [-0.05, 0) is 31.7 Å². The summed E-state index contributed by atoms with van der Waals surface area (Å²) in [6.07, 6.45) is 1.99. The Morgan fingerprint density at radius 3 is 1.85 bits per heavy atom. The first-order valence-corrected chi connectivity index (χ1v) is 6.65. The van der Waals surface area contributed by atoms with Gasteiger partial charge in [0.25, 0.3) is 0 Å². The molecule has 5 nitrogen and oxygen atoms in total. The van der Waals surface area contributed by atoms with Crippen molar-refractivity contribution in [1.82, 2.24) is 0 Å². The maximum absolute atomic E-state index is 9.90. The highest BCUT2D eigenvalue weighted by Gasteiger charge is 1.99. The van der Waals surface area contributed by atoms with E-state index in [0.29, 0.717) is 12.8 Å². The van der Waals surface area contributed by atoms with E-state index in [-0.39, 0.29) is 18.9 Å². The number of unbranched alkanes of at least 4 members (excludes halogenated alkanes) is 1. The molecule has 0 bridgehead atoms. The van der Waals surface area contributed by atoms with E-state index in [9.17, 15) is 9.59 Å². The smallest absolute Gasteiger partial charge is 0.303 e. The van der Waals surface area contributed by atoms with Gasteiger partial charge in [-0.3, -0.25) is 9.59 Å². The van der Waals surface area contributed by atoms with Crippen LogP contribution < -0.4 is 5.73 Å². The molecule has 0 radical (unpaired) electrons. The largest absolute Gasteiger partial charge is 0.481 e. The van der Waals surface area contributed by atoms with Crippen molar-refractivity contribution < 1.29 is 19.8 Å². The first-order chi connectivity index (χ1) is 9.41. The van der Waals surface area contributed by atoms with Crippen molar-refractivity contribution in [2.75, 3.05) is 0 Å². The molecule has 20 heavy (non-hydrogen) atoms. The number of benzene rings is 1. The molecule has 0 aromatic heterocycles. The molecule has 4 N–H and O–H groups in total. The molecule has 0 fully saturated rings. The zero-order valence-corrected chi connectivity index (χ0v) is 11.8. The quantitative estimate of drug-likeness (QED) is 0.666. The minimum Gasteiger partial charge on any atom is -0.481 e. The number of nitrogens with two attached hydrogens (primary N) is 1. The molecule has 0 aliphatic rings. The van der Waals surface area contributed by atoms with Gasteiger partial charge in [0.2, 0.25) is 0 Å². The minimum atomic E-state index is -0.870. The van der Waals surface area contributed by atoms with Gasteiger partial charge in [0.1, 0.15) is 0 Å². The first-order valence-electron chi connectivity index (χ1n) is 6.65. The number of carboxylic acids is 2. The molecule has 0 amide bonds. The van der Waals surface area contributed by atoms with Crippen molar-refractivity contribution in [3.8, 4) is 0 Å². The predicted molar refractivity (Wildman–Crippen MR) is 77.5 cm³/mol. The highest BCUT2D eigenvalue weighted by molar-refractivity contribution is 5.67. The Morgan fingerprint density at radius 1 is 1.05 bits per heavy atom. The molecule has 0 saturated carbocycles. The summed E-state index contributed by atoms with van der Waals surface area (Å²) >= 11 is 0. The standard InChI is InChI=1S/C9H13N.C6H10O4/c1-8(10)7-9-5-3-2-4-6-9;7-5(8)3-1-2-4-6(9)10/h2-6,8H,7,10H2,1H3;1-4H2,(H,7,8)(H,9,10)/t8-;/m0./s1. The molecule has 112 valence electrons. The number of hydrogen-bond acceptors (Lipinski definition) is 3. The van der Waals surface area contributed by atoms with Gasteiger partial charge >= 0.3 is 11.9 Å². The summed E-state index contributed by atoms with van der Waals surface area (Å²) in [5.41, 5.74) is 6.94. The third kappa shape index (κ3) is 12.6. The average molecular weight is 281 g/mol. The van der Waals surface area contributed by atoms with Crippen LogP contribution in [0.25, 0.3) is 0 Å². The second-order valence-corrected chi connectivity index (χ2v) is 4.66. The molecule has 1 aromatic carbocycles. The van der Waals surface area contributed by atoms with Crippen LogP contribution in [0.1, 0.15) is 38.2 Å². The summed E-state index contributed by atoms with van der Waals surface area (Å²) in [6, 6.07) is 10.6. The Balaban J connectivity index is 0.000000361. The Labute approximate surface area is 119 Å². The minimum absolute atomic E-state index is 0.0628. The number of aliphatic carboxylic acids is 2. The third-order valence-electron chi connectivity index (χ3n) is 2.43. The van der Waals surface area contributed by atoms with Crippen molar-refractivity contribution in [2.24, 2.45) is 5.73 Å². The van der Waals surface area contributed by atoms with E-state index in [1.54, 1.807) is 0 Å². The zero-order chi connectivity index (χ0) is 15.4. The molecular formula is C15H23NO4. The zero-order valence-electron chi connectivity index (χ0n) is 11.8. The van der Waals surface area contributed by atoms with Crippen molar-refractivity contribution in [1.29, 1.82) is 0 Å². The lowest BCUT2D eigenvalue weighted by Crippen LogP contribution is -2.17. The van der Waals surface area contributed by atoms with Crippen LogP contribution in [0, 0.1) is 0 Å². The normalized spacial score (nSPS) is 11.1. The van der Waals surface area contributed by atoms with E-state index >= 15 is 0 Å². The molecule has 1 rings (SSSR count). The van der Waals surface area contributed by atoms with Crippen molar-refractivity contribution >= 4 is 11.9 Å². The van der Waals surface area contributed by atoms with Crippen LogP contribution in [0.4, 0.5) is 0 Å². The van der Waals surface area contributed by atoms with Crippen molar-refractivity contribution in [2.45, 2.75) is 45.1 Å². The van der Waals surface area contributed by atoms with Gasteiger partial charge in [-0.1, -0.05) is 30.3 Å². The first kappa shape index (κ1) is 18.1. The van der Waals surface area contributed by atoms with Gasteiger partial charge in [0.15, 0.2) is 0 Å². The number of carbonyl (C=O) groups is 2. The monoisotopic (exact) mass is 281 g/mol. The Hall–Kier alpha value is -1.88. The highest BCUT2D eigenvalue weighted by atomic mass is 16.4. The van der Waals surface area contributed by atoms with E-state index in [1.807, 2.05) is 25.1 Å². The highest BCUT2D eigenvalue weighted by Crippen LogP contribution is 2.00. The molecule has 0 unspecified atom stereocenters. The van der Waals surface area contributed by atoms with E-state index in [4.69, 9.17) is 15.9 Å². The van der Waals surface area contributed by atoms with Crippen LogP contribution in [0.15, 0.2) is 30.3 Å². The summed E-state index contributed by atoms with van der Waals surface area (Å²) in [5.74, 6) is -1.74. The van der Waals surface area contributed by atoms with Crippen molar-refractivity contribution in [3.63, 3.8) is 0 Å². The maximum atomic E-state index is 9.90. The Kier molecular flexibility index (Phi) is 9.96. The van der Waals surface area contributed by atoms with Crippen LogP contribution in [-0.4, -0.2) is 28.2 Å². The van der Waals surface area contributed by atoms with Gasteiger partial charge in [-0.2, -0.15) is 0 Å². The summed E-state index contributed by atoms with van der Waals surface area (Å²) in [7, 11) is 0. The second kappa shape index (κ2) is 11.0. The average Bonchev–Trinajstić information content (AvgIpc) is 2.35. The number of carboxylic acid groups (broad SMARTS) is 2. The van der Waals surface area contributed by atoms with Gasteiger partial charge in [-0.15, -0.1) is 0 Å². The number of rotatable bonds is 7. The van der Waals surface area contributed by atoms with Crippen LogP contribution in [0.3, 0.4) is 0 Å². The van der Waals surface area contributed by atoms with Gasteiger partial charge in [0, 0.05) is 18.9 Å². The fourth-order valence-electron chi connectivity index (χ4n) is 1.54. The molecule has 0 saturated heterocycles. The van der Waals surface area contributed by atoms with E-state index in [0.717, 1.165) is 6.42 Å². The second-order valence-electron chi connectivity index (χ2n) is 4.66. The van der Waals surface area contributed by atoms with E-state index < -0.39 is 11.9 Å². The van der Waals surface area contributed by atoms with Crippen LogP contribution in [0.5, 0.6) is 0 Å². The molecule has 0 aliphatic heterocycles. The van der Waals surface area contributed by atoms with E-state index in [1.165, 1.54) is 5.56 Å². The van der Waals surface area contributed by atoms with E-state index in [2.05, 4.69) is 12.1 Å². The lowest BCUT2D eigenvalue weighted by molar-refractivity contribution is -0.139. The molecular weight excluding hydrogens is 258 g/mol.